The van der Waals surface area contributed by atoms with Crippen molar-refractivity contribution in [2.45, 2.75) is 0 Å². The minimum Gasteiger partial charge on any atom is -0.378 e. The molecule has 0 spiro atoms. The Morgan fingerprint density at radius 2 is 1.93 bits per heavy atom. The fourth-order valence-electron chi connectivity index (χ4n) is 1.46. The number of nitrogens with one attached hydrogen (secondary N) is 1. The van der Waals surface area contributed by atoms with Crippen LogP contribution in [0.2, 0.25) is 0 Å². The Kier molecular flexibility index (Phi) is 2.31. The van der Waals surface area contributed by atoms with Crippen LogP contribution in [0.3, 0.4) is 0 Å². The van der Waals surface area contributed by atoms with Crippen LogP contribution in [0.5, 0.6) is 0 Å². The molecule has 0 saturated heterocycles. The third kappa shape index (κ3) is 1.66. The van der Waals surface area contributed by atoms with E-state index in [-0.39, 0.29) is 0 Å². The average Bonchev–Trinajstić information content (AvgIpc) is 2.71. The Morgan fingerprint density at radius 3 is 2.43 bits per heavy atom. The van der Waals surface area contributed by atoms with Crippen LogP contribution < -0.4 is 15.3 Å². The summed E-state index contributed by atoms with van der Waals surface area (Å²) in [5.74, 6) is 0. The zero-order valence-electron chi connectivity index (χ0n) is 8.57. The first-order chi connectivity index (χ1) is 6.77. The van der Waals surface area contributed by atoms with Crippen molar-refractivity contribution in [1.82, 2.24) is 5.43 Å². The van der Waals surface area contributed by atoms with E-state index in [1.807, 2.05) is 20.3 Å². The van der Waals surface area contributed by atoms with E-state index >= 15 is 0 Å². The van der Waals surface area contributed by atoms with E-state index in [2.05, 4.69) is 45.7 Å². The van der Waals surface area contributed by atoms with Gasteiger partial charge in [-0.2, -0.15) is 0 Å². The molecule has 0 unspecified atom stereocenters. The lowest BCUT2D eigenvalue weighted by molar-refractivity contribution is 0.840. The first kappa shape index (κ1) is 8.94. The number of anilines is 2. The third-order valence-corrected chi connectivity index (χ3v) is 2.31. The molecule has 1 N–H and O–H groups in total. The van der Waals surface area contributed by atoms with Crippen molar-refractivity contribution in [3.05, 3.63) is 36.5 Å². The van der Waals surface area contributed by atoms with Gasteiger partial charge >= 0.3 is 0 Å². The maximum Gasteiger partial charge on any atom is 0.0592 e. The Balaban J connectivity index is 2.13. The quantitative estimate of drug-likeness (QED) is 0.762. The Bertz CT molecular complexity index is 319. The molecule has 1 aromatic carbocycles. The third-order valence-electron chi connectivity index (χ3n) is 2.31. The van der Waals surface area contributed by atoms with Gasteiger partial charge in [-0.25, -0.2) is 0 Å². The summed E-state index contributed by atoms with van der Waals surface area (Å²) in [5.41, 5.74) is 5.58. The molecule has 1 heterocycles. The van der Waals surface area contributed by atoms with Crippen LogP contribution in [0.4, 0.5) is 11.4 Å². The molecule has 3 heteroatoms. The molecule has 1 aliphatic rings. The molecule has 2 rings (SSSR count). The second-order valence-electron chi connectivity index (χ2n) is 3.55. The molecule has 0 atom stereocenters. The van der Waals surface area contributed by atoms with E-state index in [1.165, 1.54) is 11.4 Å². The average molecular weight is 189 g/mol. The summed E-state index contributed by atoms with van der Waals surface area (Å²) in [5, 5.41) is 2.10. The van der Waals surface area contributed by atoms with E-state index in [1.54, 1.807) is 0 Å². The number of rotatable bonds is 2. The molecule has 74 valence electrons. The molecule has 1 aliphatic heterocycles. The van der Waals surface area contributed by atoms with Crippen LogP contribution in [-0.2, 0) is 0 Å². The zero-order chi connectivity index (χ0) is 9.97. The highest BCUT2D eigenvalue weighted by atomic mass is 15.5. The minimum absolute atomic E-state index is 0.932. The van der Waals surface area contributed by atoms with E-state index < -0.39 is 0 Å². The molecule has 0 fully saturated rings. The number of hydrogen-bond acceptors (Lipinski definition) is 3. The van der Waals surface area contributed by atoms with Crippen molar-refractivity contribution >= 4 is 11.4 Å². The van der Waals surface area contributed by atoms with Gasteiger partial charge in [-0.1, -0.05) is 0 Å². The lowest BCUT2D eigenvalue weighted by Crippen LogP contribution is -2.29. The molecule has 0 saturated carbocycles. The molecule has 0 amide bonds. The topological polar surface area (TPSA) is 18.5 Å². The smallest absolute Gasteiger partial charge is 0.0592 e. The Hall–Kier alpha value is -1.64. The molecule has 0 aromatic heterocycles. The monoisotopic (exact) mass is 189 g/mol. The van der Waals surface area contributed by atoms with Crippen LogP contribution >= 0.6 is 0 Å². The van der Waals surface area contributed by atoms with Gasteiger partial charge in [-0.3, -0.25) is 5.01 Å². The highest BCUT2D eigenvalue weighted by Crippen LogP contribution is 2.19. The summed E-state index contributed by atoms with van der Waals surface area (Å²) in [6, 6.07) is 8.48. The van der Waals surface area contributed by atoms with Gasteiger partial charge in [-0.05, 0) is 30.3 Å². The van der Waals surface area contributed by atoms with Crippen LogP contribution in [0.1, 0.15) is 0 Å². The lowest BCUT2D eigenvalue weighted by Gasteiger charge is -2.19. The SMILES string of the molecule is CN(C)c1ccc(N2CC=CN2)cc1. The maximum absolute atomic E-state index is 3.16. The van der Waals surface area contributed by atoms with Crippen LogP contribution in [0, 0.1) is 0 Å². The normalized spacial score (nSPS) is 14.3. The first-order valence-corrected chi connectivity index (χ1v) is 4.73. The van der Waals surface area contributed by atoms with Gasteiger partial charge in [0, 0.05) is 26.0 Å². The van der Waals surface area contributed by atoms with Gasteiger partial charge in [0.25, 0.3) is 0 Å². The van der Waals surface area contributed by atoms with Gasteiger partial charge in [0.2, 0.25) is 0 Å². The van der Waals surface area contributed by atoms with Gasteiger partial charge in [-0.15, -0.1) is 0 Å². The molecular formula is C11H15N3. The van der Waals surface area contributed by atoms with Crippen molar-refractivity contribution in [2.24, 2.45) is 0 Å². The van der Waals surface area contributed by atoms with Crippen molar-refractivity contribution in [1.29, 1.82) is 0 Å². The summed E-state index contributed by atoms with van der Waals surface area (Å²) in [6.45, 7) is 0.932. The van der Waals surface area contributed by atoms with Crippen LogP contribution in [-0.4, -0.2) is 20.6 Å². The highest BCUT2D eigenvalue weighted by Gasteiger charge is 2.06. The molecule has 14 heavy (non-hydrogen) atoms. The predicted molar refractivity (Wildman–Crippen MR) is 60.4 cm³/mol. The Morgan fingerprint density at radius 1 is 1.21 bits per heavy atom. The highest BCUT2D eigenvalue weighted by molar-refractivity contribution is 5.56. The number of nitrogens with zero attached hydrogens (tertiary/aromatic N) is 2. The summed E-state index contributed by atoms with van der Waals surface area (Å²) in [6.07, 6.45) is 4.06. The van der Waals surface area contributed by atoms with Crippen molar-refractivity contribution in [2.75, 3.05) is 30.5 Å². The van der Waals surface area contributed by atoms with E-state index in [0.717, 1.165) is 6.54 Å². The summed E-state index contributed by atoms with van der Waals surface area (Å²) >= 11 is 0. The molecule has 0 radical (unpaired) electrons. The molecule has 0 bridgehead atoms. The maximum atomic E-state index is 3.16. The van der Waals surface area contributed by atoms with E-state index in [9.17, 15) is 0 Å². The first-order valence-electron chi connectivity index (χ1n) is 4.73. The lowest BCUT2D eigenvalue weighted by atomic mass is 10.2. The van der Waals surface area contributed by atoms with Crippen LogP contribution in [0.25, 0.3) is 0 Å². The number of hydrazine groups is 1. The van der Waals surface area contributed by atoms with Crippen molar-refractivity contribution < 1.29 is 0 Å². The van der Waals surface area contributed by atoms with Crippen molar-refractivity contribution in [3.63, 3.8) is 0 Å². The van der Waals surface area contributed by atoms with Crippen molar-refractivity contribution in [3.8, 4) is 0 Å². The van der Waals surface area contributed by atoms with Gasteiger partial charge in [0.15, 0.2) is 0 Å². The number of hydrogen-bond donors (Lipinski definition) is 1. The van der Waals surface area contributed by atoms with Gasteiger partial charge < -0.3 is 10.3 Å². The van der Waals surface area contributed by atoms with E-state index in [4.69, 9.17) is 0 Å². The number of benzene rings is 1. The van der Waals surface area contributed by atoms with Gasteiger partial charge in [0.05, 0.1) is 12.2 Å². The fourth-order valence-corrected chi connectivity index (χ4v) is 1.46. The summed E-state index contributed by atoms with van der Waals surface area (Å²) in [7, 11) is 4.09. The van der Waals surface area contributed by atoms with Gasteiger partial charge in [0.1, 0.15) is 0 Å². The predicted octanol–water partition coefficient (Wildman–Crippen LogP) is 1.59. The molecular weight excluding hydrogens is 174 g/mol. The Labute approximate surface area is 84.6 Å². The standard InChI is InChI=1S/C11H15N3/c1-13(2)10-4-6-11(7-5-10)14-9-3-8-12-14/h3-8,12H,9H2,1-2H3. The zero-order valence-corrected chi connectivity index (χ0v) is 8.57. The van der Waals surface area contributed by atoms with Crippen LogP contribution in [0.15, 0.2) is 36.5 Å². The van der Waals surface area contributed by atoms with E-state index in [0.29, 0.717) is 0 Å². The second-order valence-corrected chi connectivity index (χ2v) is 3.55. The summed E-state index contributed by atoms with van der Waals surface area (Å²) in [4.78, 5) is 2.10. The molecule has 3 nitrogen and oxygen atoms in total. The summed E-state index contributed by atoms with van der Waals surface area (Å²) < 4.78 is 0. The largest absolute Gasteiger partial charge is 0.378 e. The second kappa shape index (κ2) is 3.62. The molecule has 1 aromatic rings. The molecule has 0 aliphatic carbocycles. The minimum atomic E-state index is 0.932. The fraction of sp³-hybridized carbons (Fsp3) is 0.273.